The number of aryl methyl sites for hydroxylation is 1. The van der Waals surface area contributed by atoms with Gasteiger partial charge >= 0.3 is 0 Å². The molecule has 3 aromatic rings. The molecule has 42 heavy (non-hydrogen) atoms. The molecule has 0 heterocycles. The molecule has 0 saturated carbocycles. The lowest BCUT2D eigenvalue weighted by molar-refractivity contribution is -0.140. The minimum absolute atomic E-state index is 0.0547. The molecule has 0 spiro atoms. The Morgan fingerprint density at radius 3 is 1.95 bits per heavy atom. The van der Waals surface area contributed by atoms with Gasteiger partial charge in [-0.2, -0.15) is 0 Å². The van der Waals surface area contributed by atoms with E-state index >= 15 is 0 Å². The second-order valence-electron chi connectivity index (χ2n) is 10.9. The Labute approximate surface area is 259 Å². The van der Waals surface area contributed by atoms with Crippen molar-refractivity contribution in [2.75, 3.05) is 10.8 Å². The summed E-state index contributed by atoms with van der Waals surface area (Å²) in [5.74, 6) is -0.679. The minimum Gasteiger partial charge on any atom is -0.352 e. The molecule has 7 nitrogen and oxygen atoms in total. The summed E-state index contributed by atoms with van der Waals surface area (Å²) in [5, 5.41) is 3.56. The fourth-order valence-corrected chi connectivity index (χ4v) is 6.48. The van der Waals surface area contributed by atoms with Crippen LogP contribution >= 0.6 is 23.2 Å². The average molecular weight is 633 g/mol. The fraction of sp³-hybridized carbons (Fsp3) is 0.375. The predicted octanol–water partition coefficient (Wildman–Crippen LogP) is 6.95. The maximum Gasteiger partial charge on any atom is 0.264 e. The third-order valence-corrected chi connectivity index (χ3v) is 9.44. The molecule has 0 aliphatic rings. The van der Waals surface area contributed by atoms with E-state index < -0.39 is 28.5 Å². The van der Waals surface area contributed by atoms with Crippen molar-refractivity contribution in [3.63, 3.8) is 0 Å². The lowest BCUT2D eigenvalue weighted by Gasteiger charge is -2.34. The van der Waals surface area contributed by atoms with Crippen molar-refractivity contribution >= 4 is 50.7 Å². The summed E-state index contributed by atoms with van der Waals surface area (Å²) >= 11 is 12.9. The number of benzene rings is 3. The Morgan fingerprint density at radius 2 is 1.45 bits per heavy atom. The van der Waals surface area contributed by atoms with Crippen LogP contribution in [0, 0.1) is 6.92 Å². The SMILES string of the molecule is CC[C@@H](C(=O)NC(C)C)N(Cc1c(Cl)cccc1Cl)C(=O)CN(c1ccc(C(C)C)cc1)S(=O)(=O)c1ccc(C)cc1. The number of halogens is 2. The van der Waals surface area contributed by atoms with Crippen LogP contribution in [0.1, 0.15) is 63.6 Å². The van der Waals surface area contributed by atoms with E-state index in [0.717, 1.165) is 15.4 Å². The van der Waals surface area contributed by atoms with Gasteiger partial charge in [0.15, 0.2) is 0 Å². The highest BCUT2D eigenvalue weighted by Crippen LogP contribution is 2.29. The minimum atomic E-state index is -4.16. The smallest absolute Gasteiger partial charge is 0.264 e. The first kappa shape index (κ1) is 33.4. The second kappa shape index (κ2) is 14.4. The van der Waals surface area contributed by atoms with Gasteiger partial charge in [-0.25, -0.2) is 8.42 Å². The van der Waals surface area contributed by atoms with E-state index in [1.54, 1.807) is 49.4 Å². The number of hydrogen-bond donors (Lipinski definition) is 1. The quantitative estimate of drug-likeness (QED) is 0.234. The van der Waals surface area contributed by atoms with E-state index in [9.17, 15) is 18.0 Å². The first-order valence-corrected chi connectivity index (χ1v) is 16.2. The van der Waals surface area contributed by atoms with Crippen molar-refractivity contribution in [3.8, 4) is 0 Å². The highest BCUT2D eigenvalue weighted by molar-refractivity contribution is 7.92. The highest BCUT2D eigenvalue weighted by atomic mass is 35.5. The topological polar surface area (TPSA) is 86.8 Å². The number of rotatable bonds is 12. The molecule has 3 rings (SSSR count). The summed E-state index contributed by atoms with van der Waals surface area (Å²) in [6.07, 6.45) is 0.292. The van der Waals surface area contributed by atoms with Crippen molar-refractivity contribution in [2.24, 2.45) is 0 Å². The molecule has 0 aliphatic carbocycles. The summed E-state index contributed by atoms with van der Waals surface area (Å²) in [4.78, 5) is 28.9. The van der Waals surface area contributed by atoms with E-state index in [1.165, 1.54) is 17.0 Å². The molecule has 10 heteroatoms. The molecule has 0 fully saturated rings. The Hall–Kier alpha value is -3.07. The number of amides is 2. The van der Waals surface area contributed by atoms with Crippen LogP contribution in [0.3, 0.4) is 0 Å². The van der Waals surface area contributed by atoms with E-state index in [1.807, 2.05) is 46.8 Å². The van der Waals surface area contributed by atoms with Gasteiger partial charge in [-0.1, -0.05) is 79.9 Å². The molecule has 226 valence electrons. The lowest BCUT2D eigenvalue weighted by atomic mass is 10.0. The summed E-state index contributed by atoms with van der Waals surface area (Å²) < 4.78 is 29.2. The van der Waals surface area contributed by atoms with Crippen LogP contribution in [0.25, 0.3) is 0 Å². The molecule has 0 bridgehead atoms. The Morgan fingerprint density at radius 1 is 0.881 bits per heavy atom. The predicted molar refractivity (Wildman–Crippen MR) is 171 cm³/mol. The zero-order valence-electron chi connectivity index (χ0n) is 24.9. The molecule has 1 atom stereocenters. The number of anilines is 1. The zero-order valence-corrected chi connectivity index (χ0v) is 27.2. The van der Waals surface area contributed by atoms with Gasteiger partial charge in [-0.3, -0.25) is 13.9 Å². The van der Waals surface area contributed by atoms with Crippen molar-refractivity contribution < 1.29 is 18.0 Å². The Kier molecular flexibility index (Phi) is 11.5. The molecule has 0 unspecified atom stereocenters. The van der Waals surface area contributed by atoms with Gasteiger partial charge in [0.2, 0.25) is 11.8 Å². The number of sulfonamides is 1. The van der Waals surface area contributed by atoms with E-state index in [0.29, 0.717) is 27.7 Å². The molecule has 1 N–H and O–H groups in total. The largest absolute Gasteiger partial charge is 0.352 e. The first-order valence-electron chi connectivity index (χ1n) is 14.0. The summed E-state index contributed by atoms with van der Waals surface area (Å²) in [6.45, 7) is 10.8. The van der Waals surface area contributed by atoms with Crippen LogP contribution in [0.2, 0.25) is 10.0 Å². The normalized spacial score (nSPS) is 12.3. The number of nitrogens with zero attached hydrogens (tertiary/aromatic N) is 2. The molecule has 0 radical (unpaired) electrons. The third kappa shape index (κ3) is 8.06. The van der Waals surface area contributed by atoms with Crippen LogP contribution < -0.4 is 9.62 Å². The van der Waals surface area contributed by atoms with Gasteiger partial charge in [0.25, 0.3) is 10.0 Å². The molecular formula is C32H39Cl2N3O4S. The standard InChI is InChI=1S/C32H39Cl2N3O4S/c1-7-30(32(39)35-22(4)5)36(19-27-28(33)9-8-10-29(27)34)31(38)20-37(25-15-13-24(14-16-25)21(2)3)42(40,41)26-17-11-23(6)12-18-26/h8-18,21-22,30H,7,19-20H2,1-6H3,(H,35,39)/t30-/m0/s1. The summed E-state index contributed by atoms with van der Waals surface area (Å²) in [7, 11) is -4.16. The Bertz CT molecular complexity index is 1470. The molecule has 3 aromatic carbocycles. The van der Waals surface area contributed by atoms with Gasteiger partial charge < -0.3 is 10.2 Å². The highest BCUT2D eigenvalue weighted by Gasteiger charge is 2.34. The van der Waals surface area contributed by atoms with Crippen LogP contribution in [0.15, 0.2) is 71.6 Å². The van der Waals surface area contributed by atoms with Gasteiger partial charge in [0.05, 0.1) is 10.6 Å². The molecule has 0 aromatic heterocycles. The van der Waals surface area contributed by atoms with Gasteiger partial charge in [-0.05, 0) is 75.1 Å². The lowest BCUT2D eigenvalue weighted by Crippen LogP contribution is -2.53. The van der Waals surface area contributed by atoms with E-state index in [2.05, 4.69) is 5.32 Å². The summed E-state index contributed by atoms with van der Waals surface area (Å²) in [5.41, 5.74) is 2.75. The van der Waals surface area contributed by atoms with E-state index in [4.69, 9.17) is 23.2 Å². The fourth-order valence-electron chi connectivity index (χ4n) is 4.55. The maximum absolute atomic E-state index is 14.2. The first-order chi connectivity index (χ1) is 19.8. The molecule has 0 saturated heterocycles. The van der Waals surface area contributed by atoms with Crippen LogP contribution in [0.4, 0.5) is 5.69 Å². The number of nitrogens with one attached hydrogen (secondary N) is 1. The van der Waals surface area contributed by atoms with Gasteiger partial charge in [-0.15, -0.1) is 0 Å². The maximum atomic E-state index is 14.2. The summed E-state index contributed by atoms with van der Waals surface area (Å²) in [6, 6.07) is 17.5. The van der Waals surface area contributed by atoms with E-state index in [-0.39, 0.29) is 29.3 Å². The number of carbonyl (C=O) groups excluding carboxylic acids is 2. The Balaban J connectivity index is 2.12. The number of hydrogen-bond acceptors (Lipinski definition) is 4. The van der Waals surface area contributed by atoms with Crippen molar-refractivity contribution in [1.82, 2.24) is 10.2 Å². The van der Waals surface area contributed by atoms with Gasteiger partial charge in [0.1, 0.15) is 12.6 Å². The second-order valence-corrected chi connectivity index (χ2v) is 13.6. The van der Waals surface area contributed by atoms with Gasteiger partial charge in [0, 0.05) is 28.2 Å². The number of carbonyl (C=O) groups is 2. The van der Waals surface area contributed by atoms with Crippen molar-refractivity contribution in [3.05, 3.63) is 93.5 Å². The van der Waals surface area contributed by atoms with Crippen LogP contribution in [-0.4, -0.2) is 43.8 Å². The molecular weight excluding hydrogens is 593 g/mol. The zero-order chi connectivity index (χ0) is 31.2. The average Bonchev–Trinajstić information content (AvgIpc) is 2.92. The molecule has 0 aliphatic heterocycles. The van der Waals surface area contributed by atoms with Crippen LogP contribution in [-0.2, 0) is 26.2 Å². The van der Waals surface area contributed by atoms with Crippen molar-refractivity contribution in [2.45, 2.75) is 77.4 Å². The van der Waals surface area contributed by atoms with Crippen molar-refractivity contribution in [1.29, 1.82) is 0 Å². The monoisotopic (exact) mass is 631 g/mol. The van der Waals surface area contributed by atoms with Crippen LogP contribution in [0.5, 0.6) is 0 Å². The third-order valence-electron chi connectivity index (χ3n) is 6.94. The molecule has 2 amide bonds.